The summed E-state index contributed by atoms with van der Waals surface area (Å²) >= 11 is 0. The fraction of sp³-hybridized carbons (Fsp3) is 0.368. The summed E-state index contributed by atoms with van der Waals surface area (Å²) < 4.78 is 1.95. The van der Waals surface area contributed by atoms with Gasteiger partial charge in [0, 0.05) is 33.0 Å². The highest BCUT2D eigenvalue weighted by Crippen LogP contribution is 2.23. The maximum absolute atomic E-state index is 12.5. The molecule has 2 aliphatic rings. The van der Waals surface area contributed by atoms with Crippen LogP contribution in [0.1, 0.15) is 44.9 Å². The Labute approximate surface area is 151 Å². The summed E-state index contributed by atoms with van der Waals surface area (Å²) in [5.74, 6) is -0.487. The molecule has 0 N–H and O–H groups in total. The molecular formula is C19H20N4O3. The van der Waals surface area contributed by atoms with Crippen molar-refractivity contribution in [3.63, 3.8) is 0 Å². The van der Waals surface area contributed by atoms with Crippen molar-refractivity contribution >= 4 is 17.7 Å². The third-order valence-corrected chi connectivity index (χ3v) is 5.11. The van der Waals surface area contributed by atoms with Crippen molar-refractivity contribution < 1.29 is 14.4 Å². The third kappa shape index (κ3) is 2.69. The lowest BCUT2D eigenvalue weighted by molar-refractivity contribution is -0.132. The van der Waals surface area contributed by atoms with E-state index in [0.717, 1.165) is 17.8 Å². The van der Waals surface area contributed by atoms with Crippen molar-refractivity contribution in [1.29, 1.82) is 0 Å². The van der Waals surface area contributed by atoms with Crippen molar-refractivity contribution in [2.75, 3.05) is 13.1 Å². The standard InChI is InChI=1S/C19H20N4O3/c1-21-12-20-15-8-10-22(11-16(15)21)17(24)7-4-9-23-18(25)13-5-2-3-6-14(13)19(23)26/h2-3,5-6,12H,4,7-11H2,1H3. The summed E-state index contributed by atoms with van der Waals surface area (Å²) in [6, 6.07) is 6.83. The third-order valence-electron chi connectivity index (χ3n) is 5.11. The molecule has 0 aliphatic carbocycles. The van der Waals surface area contributed by atoms with Crippen LogP contribution in [0.4, 0.5) is 0 Å². The highest BCUT2D eigenvalue weighted by Gasteiger charge is 2.34. The van der Waals surface area contributed by atoms with Gasteiger partial charge in [0.2, 0.25) is 5.91 Å². The van der Waals surface area contributed by atoms with Crippen molar-refractivity contribution in [3.8, 4) is 0 Å². The lowest BCUT2D eigenvalue weighted by Crippen LogP contribution is -2.37. The van der Waals surface area contributed by atoms with E-state index in [1.54, 1.807) is 30.6 Å². The van der Waals surface area contributed by atoms with Crippen LogP contribution in [0, 0.1) is 0 Å². The molecule has 0 spiro atoms. The number of nitrogens with zero attached hydrogens (tertiary/aromatic N) is 4. The van der Waals surface area contributed by atoms with E-state index < -0.39 is 0 Å². The van der Waals surface area contributed by atoms with Gasteiger partial charge in [0.05, 0.1) is 35.4 Å². The summed E-state index contributed by atoms with van der Waals surface area (Å²) in [6.45, 7) is 1.50. The minimum absolute atomic E-state index is 0.0495. The van der Waals surface area contributed by atoms with Gasteiger partial charge in [-0.2, -0.15) is 0 Å². The largest absolute Gasteiger partial charge is 0.336 e. The van der Waals surface area contributed by atoms with Crippen LogP contribution in [-0.4, -0.2) is 50.2 Å². The number of carbonyl (C=O) groups excluding carboxylic acids is 3. The molecule has 7 nitrogen and oxygen atoms in total. The predicted molar refractivity (Wildman–Crippen MR) is 93.4 cm³/mol. The monoisotopic (exact) mass is 352 g/mol. The van der Waals surface area contributed by atoms with E-state index in [1.807, 2.05) is 16.5 Å². The van der Waals surface area contributed by atoms with Crippen molar-refractivity contribution in [2.45, 2.75) is 25.8 Å². The van der Waals surface area contributed by atoms with Crippen LogP contribution in [0.5, 0.6) is 0 Å². The van der Waals surface area contributed by atoms with Crippen LogP contribution in [0.25, 0.3) is 0 Å². The molecule has 3 heterocycles. The van der Waals surface area contributed by atoms with Gasteiger partial charge in [-0.1, -0.05) is 12.1 Å². The minimum atomic E-state index is -0.268. The quantitative estimate of drug-likeness (QED) is 0.779. The number of hydrogen-bond donors (Lipinski definition) is 0. The molecule has 0 bridgehead atoms. The number of rotatable bonds is 4. The molecule has 0 radical (unpaired) electrons. The van der Waals surface area contributed by atoms with Crippen LogP contribution in [0.15, 0.2) is 30.6 Å². The second kappa shape index (κ2) is 6.40. The molecule has 3 amide bonds. The summed E-state index contributed by atoms with van der Waals surface area (Å²) in [5.41, 5.74) is 3.03. The molecule has 26 heavy (non-hydrogen) atoms. The lowest BCUT2D eigenvalue weighted by Gasteiger charge is -2.27. The molecule has 134 valence electrons. The zero-order valence-corrected chi connectivity index (χ0v) is 14.6. The average molecular weight is 352 g/mol. The first-order chi connectivity index (χ1) is 12.6. The first-order valence-electron chi connectivity index (χ1n) is 8.78. The topological polar surface area (TPSA) is 75.5 Å². The Morgan fingerprint density at radius 1 is 1.15 bits per heavy atom. The van der Waals surface area contributed by atoms with Crippen molar-refractivity contribution in [1.82, 2.24) is 19.4 Å². The first-order valence-corrected chi connectivity index (χ1v) is 8.78. The van der Waals surface area contributed by atoms with Gasteiger partial charge in [0.15, 0.2) is 0 Å². The number of aromatic nitrogens is 2. The summed E-state index contributed by atoms with van der Waals surface area (Å²) in [6.07, 6.45) is 3.33. The molecule has 0 saturated heterocycles. The van der Waals surface area contributed by atoms with Gasteiger partial charge in [-0.25, -0.2) is 4.98 Å². The number of amides is 3. The highest BCUT2D eigenvalue weighted by atomic mass is 16.2. The normalized spacial score (nSPS) is 16.0. The molecule has 0 saturated carbocycles. The second-order valence-corrected chi connectivity index (χ2v) is 6.73. The van der Waals surface area contributed by atoms with Gasteiger partial charge in [-0.15, -0.1) is 0 Å². The van der Waals surface area contributed by atoms with Crippen LogP contribution in [0.2, 0.25) is 0 Å². The van der Waals surface area contributed by atoms with Crippen LogP contribution < -0.4 is 0 Å². The SMILES string of the molecule is Cn1cnc2c1CN(C(=O)CCCN1C(=O)c3ccccc3C1=O)CC2. The average Bonchev–Trinajstić information content (AvgIpc) is 3.14. The highest BCUT2D eigenvalue weighted by molar-refractivity contribution is 6.21. The zero-order valence-electron chi connectivity index (χ0n) is 14.6. The van der Waals surface area contributed by atoms with E-state index in [9.17, 15) is 14.4 Å². The van der Waals surface area contributed by atoms with E-state index in [0.29, 0.717) is 37.1 Å². The van der Waals surface area contributed by atoms with Crippen molar-refractivity contribution in [3.05, 3.63) is 53.1 Å². The molecule has 2 aromatic rings. The van der Waals surface area contributed by atoms with Crippen LogP contribution >= 0.6 is 0 Å². The smallest absolute Gasteiger partial charge is 0.261 e. The molecule has 4 rings (SSSR count). The Balaban J connectivity index is 1.33. The Kier molecular flexibility index (Phi) is 4.06. The number of imide groups is 1. The Morgan fingerprint density at radius 2 is 1.85 bits per heavy atom. The van der Waals surface area contributed by atoms with E-state index in [-0.39, 0.29) is 24.3 Å². The Bertz CT molecular complexity index is 867. The number of carbonyl (C=O) groups is 3. The maximum atomic E-state index is 12.5. The fourth-order valence-electron chi connectivity index (χ4n) is 3.62. The number of benzene rings is 1. The minimum Gasteiger partial charge on any atom is -0.336 e. The van der Waals surface area contributed by atoms with Gasteiger partial charge in [0.25, 0.3) is 11.8 Å². The van der Waals surface area contributed by atoms with Gasteiger partial charge in [-0.05, 0) is 18.6 Å². The summed E-state index contributed by atoms with van der Waals surface area (Å²) in [4.78, 5) is 44.6. The number of aryl methyl sites for hydroxylation is 1. The number of imidazole rings is 1. The van der Waals surface area contributed by atoms with E-state index in [1.165, 1.54) is 4.90 Å². The molecule has 0 fully saturated rings. The fourth-order valence-corrected chi connectivity index (χ4v) is 3.62. The van der Waals surface area contributed by atoms with Crippen LogP contribution in [-0.2, 0) is 24.8 Å². The first kappa shape index (κ1) is 16.5. The van der Waals surface area contributed by atoms with E-state index in [2.05, 4.69) is 4.98 Å². The van der Waals surface area contributed by atoms with Gasteiger partial charge in [-0.3, -0.25) is 19.3 Å². The van der Waals surface area contributed by atoms with Gasteiger partial charge < -0.3 is 9.47 Å². The lowest BCUT2D eigenvalue weighted by atomic mass is 10.1. The molecular weight excluding hydrogens is 332 g/mol. The second-order valence-electron chi connectivity index (χ2n) is 6.73. The number of hydrogen-bond acceptors (Lipinski definition) is 4. The van der Waals surface area contributed by atoms with Gasteiger partial charge in [0.1, 0.15) is 0 Å². The van der Waals surface area contributed by atoms with E-state index in [4.69, 9.17) is 0 Å². The molecule has 0 unspecified atom stereocenters. The van der Waals surface area contributed by atoms with Crippen molar-refractivity contribution in [2.24, 2.45) is 7.05 Å². The Hall–Kier alpha value is -2.96. The van der Waals surface area contributed by atoms with Crippen LogP contribution in [0.3, 0.4) is 0 Å². The molecule has 1 aromatic heterocycles. The molecule has 1 aromatic carbocycles. The molecule has 7 heteroatoms. The predicted octanol–water partition coefficient (Wildman–Crippen LogP) is 1.38. The molecule has 2 aliphatic heterocycles. The Morgan fingerprint density at radius 3 is 2.54 bits per heavy atom. The zero-order chi connectivity index (χ0) is 18.3. The van der Waals surface area contributed by atoms with Gasteiger partial charge >= 0.3 is 0 Å². The summed E-state index contributed by atoms with van der Waals surface area (Å²) in [7, 11) is 1.93. The van der Waals surface area contributed by atoms with E-state index >= 15 is 0 Å². The maximum Gasteiger partial charge on any atom is 0.261 e. The molecule has 0 atom stereocenters. The summed E-state index contributed by atoms with van der Waals surface area (Å²) in [5, 5.41) is 0. The number of fused-ring (bicyclic) bond motifs is 2.